The quantitative estimate of drug-likeness (QED) is 0.520. The van der Waals surface area contributed by atoms with Crippen molar-refractivity contribution in [3.8, 4) is 11.4 Å². The second-order valence-corrected chi connectivity index (χ2v) is 6.80. The summed E-state index contributed by atoms with van der Waals surface area (Å²) in [6, 6.07) is 13.1. The van der Waals surface area contributed by atoms with E-state index in [0.717, 1.165) is 11.1 Å². The molecular weight excluding hydrogens is 372 g/mol. The summed E-state index contributed by atoms with van der Waals surface area (Å²) in [4.78, 5) is 27.6. The Bertz CT molecular complexity index is 1180. The second-order valence-electron chi connectivity index (χ2n) is 6.80. The molecule has 1 unspecified atom stereocenters. The van der Waals surface area contributed by atoms with E-state index >= 15 is 0 Å². The predicted octanol–water partition coefficient (Wildman–Crippen LogP) is 2.94. The Kier molecular flexibility index (Phi) is 4.34. The van der Waals surface area contributed by atoms with Gasteiger partial charge in [-0.15, -0.1) is 5.10 Å². The number of anilines is 1. The average Bonchev–Trinajstić information content (AvgIpc) is 3.10. The van der Waals surface area contributed by atoms with E-state index in [1.54, 1.807) is 23.7 Å². The van der Waals surface area contributed by atoms with Crippen molar-refractivity contribution in [2.45, 2.75) is 19.9 Å². The highest BCUT2D eigenvalue weighted by molar-refractivity contribution is 5.95. The molecule has 0 saturated heterocycles. The zero-order chi connectivity index (χ0) is 20.7. The molecule has 2 heterocycles. The number of fused-ring (bicyclic) bond motifs is 1. The Balaban J connectivity index is 1.91. The van der Waals surface area contributed by atoms with Gasteiger partial charge in [0, 0.05) is 23.4 Å². The number of carbonyl (C=O) groups is 1. The summed E-state index contributed by atoms with van der Waals surface area (Å²) in [5.41, 5.74) is 8.76. The van der Waals surface area contributed by atoms with Crippen molar-refractivity contribution < 1.29 is 9.72 Å². The summed E-state index contributed by atoms with van der Waals surface area (Å²) in [5.74, 6) is 0.284. The van der Waals surface area contributed by atoms with Gasteiger partial charge in [0.25, 0.3) is 5.69 Å². The third-order valence-electron chi connectivity index (χ3n) is 4.90. The number of nitrogens with two attached hydrogens (primary N) is 1. The Morgan fingerprint density at radius 3 is 2.66 bits per heavy atom. The van der Waals surface area contributed by atoms with Crippen molar-refractivity contribution >= 4 is 17.5 Å². The monoisotopic (exact) mass is 390 g/mol. The maximum atomic E-state index is 12.2. The van der Waals surface area contributed by atoms with Gasteiger partial charge in [0.1, 0.15) is 6.04 Å². The SMILES string of the molecule is CC1=C(C(N)=O)C(c2cccc([N+](=O)[O-])c2)n2nc(-c3ccccc3C)nc2N1. The topological polar surface area (TPSA) is 129 Å². The molecule has 0 aliphatic carbocycles. The van der Waals surface area contributed by atoms with Gasteiger partial charge in [0.05, 0.1) is 10.5 Å². The summed E-state index contributed by atoms with van der Waals surface area (Å²) in [5, 5.41) is 18.9. The number of benzene rings is 2. The molecule has 0 radical (unpaired) electrons. The second kappa shape index (κ2) is 6.86. The number of carbonyl (C=O) groups excluding carboxylic acids is 1. The molecule has 2 aromatic carbocycles. The van der Waals surface area contributed by atoms with Crippen LogP contribution >= 0.6 is 0 Å². The number of hydrogen-bond donors (Lipinski definition) is 2. The molecule has 9 heteroatoms. The zero-order valence-electron chi connectivity index (χ0n) is 15.8. The van der Waals surface area contributed by atoms with Crippen LogP contribution in [0.25, 0.3) is 11.4 Å². The van der Waals surface area contributed by atoms with Gasteiger partial charge in [-0.05, 0) is 25.0 Å². The van der Waals surface area contributed by atoms with Crippen LogP contribution in [0.1, 0.15) is 24.1 Å². The number of nitro groups is 1. The fourth-order valence-corrected chi connectivity index (χ4v) is 3.52. The number of nitrogens with one attached hydrogen (secondary N) is 1. The van der Waals surface area contributed by atoms with Crippen LogP contribution in [0.3, 0.4) is 0 Å². The molecule has 1 aliphatic heterocycles. The van der Waals surface area contributed by atoms with Crippen molar-refractivity contribution in [1.29, 1.82) is 0 Å². The molecule has 29 heavy (non-hydrogen) atoms. The molecule has 146 valence electrons. The van der Waals surface area contributed by atoms with Gasteiger partial charge >= 0.3 is 0 Å². The first-order chi connectivity index (χ1) is 13.9. The molecule has 0 saturated carbocycles. The van der Waals surface area contributed by atoms with Gasteiger partial charge in [0.2, 0.25) is 11.9 Å². The number of allylic oxidation sites excluding steroid dienone is 1. The fraction of sp³-hybridized carbons (Fsp3) is 0.150. The maximum absolute atomic E-state index is 12.2. The summed E-state index contributed by atoms with van der Waals surface area (Å²) >= 11 is 0. The van der Waals surface area contributed by atoms with Crippen molar-refractivity contribution in [3.05, 3.63) is 81.0 Å². The van der Waals surface area contributed by atoms with E-state index in [9.17, 15) is 14.9 Å². The lowest BCUT2D eigenvalue weighted by molar-refractivity contribution is -0.384. The van der Waals surface area contributed by atoms with Crippen LogP contribution in [0, 0.1) is 17.0 Å². The summed E-state index contributed by atoms with van der Waals surface area (Å²) in [6.07, 6.45) is 0. The molecule has 0 spiro atoms. The van der Waals surface area contributed by atoms with Crippen molar-refractivity contribution in [2.24, 2.45) is 5.73 Å². The molecule has 1 atom stereocenters. The van der Waals surface area contributed by atoms with Crippen LogP contribution in [-0.4, -0.2) is 25.6 Å². The van der Waals surface area contributed by atoms with Gasteiger partial charge in [0.15, 0.2) is 5.82 Å². The Morgan fingerprint density at radius 2 is 1.97 bits per heavy atom. The van der Waals surface area contributed by atoms with E-state index in [2.05, 4.69) is 15.4 Å². The first-order valence-electron chi connectivity index (χ1n) is 8.91. The number of rotatable bonds is 4. The van der Waals surface area contributed by atoms with Crippen molar-refractivity contribution in [1.82, 2.24) is 14.8 Å². The Labute approximate surface area is 166 Å². The third kappa shape index (κ3) is 3.12. The van der Waals surface area contributed by atoms with Crippen LogP contribution in [-0.2, 0) is 4.79 Å². The highest BCUT2D eigenvalue weighted by atomic mass is 16.6. The fourth-order valence-electron chi connectivity index (χ4n) is 3.52. The lowest BCUT2D eigenvalue weighted by Gasteiger charge is -2.27. The molecular formula is C20H18N6O3. The largest absolute Gasteiger partial charge is 0.366 e. The number of nitrogens with zero attached hydrogens (tertiary/aromatic N) is 4. The van der Waals surface area contributed by atoms with E-state index in [0.29, 0.717) is 23.0 Å². The molecule has 9 nitrogen and oxygen atoms in total. The van der Waals surface area contributed by atoms with E-state index in [1.807, 2.05) is 31.2 Å². The van der Waals surface area contributed by atoms with Crippen LogP contribution in [0.5, 0.6) is 0 Å². The zero-order valence-corrected chi connectivity index (χ0v) is 15.8. The number of hydrogen-bond acceptors (Lipinski definition) is 6. The lowest BCUT2D eigenvalue weighted by atomic mass is 9.95. The van der Waals surface area contributed by atoms with Crippen molar-refractivity contribution in [2.75, 3.05) is 5.32 Å². The summed E-state index contributed by atoms with van der Waals surface area (Å²) in [6.45, 7) is 3.68. The van der Waals surface area contributed by atoms with E-state index < -0.39 is 16.9 Å². The van der Waals surface area contributed by atoms with Gasteiger partial charge in [-0.25, -0.2) is 4.68 Å². The first-order valence-corrected chi connectivity index (χ1v) is 8.91. The highest BCUT2D eigenvalue weighted by Gasteiger charge is 2.34. The lowest BCUT2D eigenvalue weighted by Crippen LogP contribution is -2.31. The van der Waals surface area contributed by atoms with E-state index in [-0.39, 0.29) is 11.3 Å². The standard InChI is InChI=1S/C20H18N6O3/c1-11-6-3-4-9-15(11)19-23-20-22-12(2)16(18(21)27)17(25(20)24-19)13-7-5-8-14(10-13)26(28)29/h3-10,17H,1-2H3,(H2,21,27)(H,22,23,24). The van der Waals surface area contributed by atoms with Crippen LogP contribution in [0.2, 0.25) is 0 Å². The minimum atomic E-state index is -0.728. The number of aromatic nitrogens is 3. The highest BCUT2D eigenvalue weighted by Crippen LogP contribution is 2.37. The summed E-state index contributed by atoms with van der Waals surface area (Å²) < 4.78 is 1.55. The van der Waals surface area contributed by atoms with Crippen molar-refractivity contribution in [3.63, 3.8) is 0 Å². The third-order valence-corrected chi connectivity index (χ3v) is 4.90. The average molecular weight is 390 g/mol. The number of non-ortho nitro benzene ring substituents is 1. The summed E-state index contributed by atoms with van der Waals surface area (Å²) in [7, 11) is 0. The normalized spacial score (nSPS) is 15.6. The van der Waals surface area contributed by atoms with E-state index in [4.69, 9.17) is 5.73 Å². The van der Waals surface area contributed by atoms with Crippen LogP contribution in [0.15, 0.2) is 59.8 Å². The first kappa shape index (κ1) is 18.4. The molecule has 0 fully saturated rings. The van der Waals surface area contributed by atoms with Gasteiger partial charge in [-0.3, -0.25) is 14.9 Å². The molecule has 1 aliphatic rings. The Hall–Kier alpha value is -4.01. The number of aryl methyl sites for hydroxylation is 1. The van der Waals surface area contributed by atoms with Gasteiger partial charge in [-0.1, -0.05) is 36.4 Å². The molecule has 1 aromatic heterocycles. The predicted molar refractivity (Wildman–Crippen MR) is 107 cm³/mol. The van der Waals surface area contributed by atoms with Gasteiger partial charge < -0.3 is 11.1 Å². The molecule has 1 amide bonds. The maximum Gasteiger partial charge on any atom is 0.269 e. The van der Waals surface area contributed by atoms with Crippen LogP contribution in [0.4, 0.5) is 11.6 Å². The Morgan fingerprint density at radius 1 is 1.21 bits per heavy atom. The van der Waals surface area contributed by atoms with E-state index in [1.165, 1.54) is 12.1 Å². The minimum absolute atomic E-state index is 0.0803. The molecule has 0 bridgehead atoms. The molecule has 3 N–H and O–H groups in total. The smallest absolute Gasteiger partial charge is 0.269 e. The molecule has 4 rings (SSSR count). The number of amides is 1. The molecule has 3 aromatic rings. The minimum Gasteiger partial charge on any atom is -0.366 e. The number of nitro benzene ring substituents is 1. The van der Waals surface area contributed by atoms with Gasteiger partial charge in [-0.2, -0.15) is 4.98 Å². The van der Waals surface area contributed by atoms with Crippen LogP contribution < -0.4 is 11.1 Å². The number of primary amides is 1.